The van der Waals surface area contributed by atoms with E-state index < -0.39 is 0 Å². The molecule has 0 saturated heterocycles. The summed E-state index contributed by atoms with van der Waals surface area (Å²) in [5.74, 6) is -0.219. The van der Waals surface area contributed by atoms with Crippen molar-refractivity contribution in [2.45, 2.75) is 44.7 Å². The van der Waals surface area contributed by atoms with Crippen molar-refractivity contribution in [1.29, 1.82) is 0 Å². The predicted molar refractivity (Wildman–Crippen MR) is 96.4 cm³/mol. The molecule has 2 amide bonds. The molecule has 2 aromatic rings. The maximum Gasteiger partial charge on any atom is 0.273 e. The van der Waals surface area contributed by atoms with Crippen LogP contribution in [0.25, 0.3) is 5.69 Å². The first-order chi connectivity index (χ1) is 12.0. The molecule has 1 aromatic heterocycles. The zero-order valence-electron chi connectivity index (χ0n) is 13.9. The number of benzene rings is 1. The number of rotatable bonds is 4. The van der Waals surface area contributed by atoms with Crippen LogP contribution in [0.4, 0.5) is 0 Å². The second kappa shape index (κ2) is 7.77. The summed E-state index contributed by atoms with van der Waals surface area (Å²) >= 11 is 3.38. The van der Waals surface area contributed by atoms with Crippen molar-refractivity contribution in [3.8, 4) is 5.69 Å². The number of nitrogens with one attached hydrogen (secondary N) is 2. The van der Waals surface area contributed by atoms with Crippen LogP contribution in [0.3, 0.4) is 0 Å². The third-order valence-electron chi connectivity index (χ3n) is 4.25. The molecule has 0 unspecified atom stereocenters. The van der Waals surface area contributed by atoms with E-state index >= 15 is 0 Å². The number of halogens is 1. The molecule has 8 heteroatoms. The number of carbonyl (C=O) groups is 2. The number of nitrogens with zero attached hydrogens (tertiary/aromatic N) is 3. The van der Waals surface area contributed by atoms with Gasteiger partial charge in [0, 0.05) is 23.5 Å². The molecule has 0 radical (unpaired) electrons. The van der Waals surface area contributed by atoms with Crippen LogP contribution in [0, 0.1) is 0 Å². The van der Waals surface area contributed by atoms with Gasteiger partial charge < -0.3 is 10.6 Å². The summed E-state index contributed by atoms with van der Waals surface area (Å²) in [5.41, 5.74) is 1.09. The number of carbonyl (C=O) groups excluding carboxylic acids is 2. The van der Waals surface area contributed by atoms with Crippen molar-refractivity contribution in [2.75, 3.05) is 0 Å². The molecular weight excluding hydrogens is 386 g/mol. The van der Waals surface area contributed by atoms with E-state index in [-0.39, 0.29) is 23.9 Å². The Morgan fingerprint density at radius 1 is 1.08 bits per heavy atom. The van der Waals surface area contributed by atoms with Gasteiger partial charge in [-0.2, -0.15) is 9.90 Å². The van der Waals surface area contributed by atoms with Crippen LogP contribution in [0.15, 0.2) is 34.9 Å². The van der Waals surface area contributed by atoms with Crippen LogP contribution in [0.2, 0.25) is 0 Å². The van der Waals surface area contributed by atoms with Crippen molar-refractivity contribution in [1.82, 2.24) is 25.6 Å². The highest BCUT2D eigenvalue weighted by molar-refractivity contribution is 9.10. The standard InChI is InChI=1S/C17H20BrN5O2/c1-11(24)20-13-4-6-14(7-5-13)21-17(25)16-10-19-23(22-16)15-8-2-12(18)3-9-15/h2-3,8-10,13-14H,4-7H2,1H3,(H,20,24)(H,21,25). The Bertz CT molecular complexity index is 751. The summed E-state index contributed by atoms with van der Waals surface area (Å²) in [4.78, 5) is 24.9. The van der Waals surface area contributed by atoms with E-state index in [2.05, 4.69) is 36.8 Å². The van der Waals surface area contributed by atoms with Gasteiger partial charge in [-0.1, -0.05) is 15.9 Å². The molecule has 0 spiro atoms. The normalized spacial score (nSPS) is 20.1. The first-order valence-corrected chi connectivity index (χ1v) is 9.07. The van der Waals surface area contributed by atoms with E-state index in [1.807, 2.05) is 24.3 Å². The van der Waals surface area contributed by atoms with Crippen LogP contribution in [-0.2, 0) is 4.79 Å². The molecule has 1 aromatic carbocycles. The lowest BCUT2D eigenvalue weighted by molar-refractivity contribution is -0.119. The fraction of sp³-hybridized carbons (Fsp3) is 0.412. The Balaban J connectivity index is 1.56. The topological polar surface area (TPSA) is 88.9 Å². The van der Waals surface area contributed by atoms with Crippen molar-refractivity contribution in [3.63, 3.8) is 0 Å². The van der Waals surface area contributed by atoms with Crippen molar-refractivity contribution < 1.29 is 9.59 Å². The number of hydrogen-bond acceptors (Lipinski definition) is 4. The molecule has 7 nitrogen and oxygen atoms in total. The molecule has 1 heterocycles. The fourth-order valence-electron chi connectivity index (χ4n) is 2.99. The highest BCUT2D eigenvalue weighted by Crippen LogP contribution is 2.19. The monoisotopic (exact) mass is 405 g/mol. The maximum absolute atomic E-state index is 12.4. The summed E-state index contributed by atoms with van der Waals surface area (Å²) in [6.07, 6.45) is 4.90. The molecular formula is C17H20BrN5O2. The number of hydrogen-bond donors (Lipinski definition) is 2. The summed E-state index contributed by atoms with van der Waals surface area (Å²) in [7, 11) is 0. The first kappa shape index (κ1) is 17.6. The predicted octanol–water partition coefficient (Wildman–Crippen LogP) is 2.21. The van der Waals surface area contributed by atoms with Gasteiger partial charge in [-0.3, -0.25) is 9.59 Å². The maximum atomic E-state index is 12.4. The Morgan fingerprint density at radius 3 is 2.28 bits per heavy atom. The Hall–Kier alpha value is -2.22. The van der Waals surface area contributed by atoms with Crippen LogP contribution >= 0.6 is 15.9 Å². The minimum atomic E-state index is -0.216. The Kier molecular flexibility index (Phi) is 5.47. The molecule has 2 N–H and O–H groups in total. The fourth-order valence-corrected chi connectivity index (χ4v) is 3.26. The van der Waals surface area contributed by atoms with Gasteiger partial charge in [-0.05, 0) is 49.9 Å². The first-order valence-electron chi connectivity index (χ1n) is 8.27. The second-order valence-corrected chi connectivity index (χ2v) is 7.13. The lowest BCUT2D eigenvalue weighted by atomic mass is 9.91. The molecule has 1 aliphatic carbocycles. The summed E-state index contributed by atoms with van der Waals surface area (Å²) in [6, 6.07) is 7.85. The molecule has 132 valence electrons. The van der Waals surface area contributed by atoms with Gasteiger partial charge in [0.1, 0.15) is 0 Å². The van der Waals surface area contributed by atoms with Crippen LogP contribution in [0.1, 0.15) is 43.1 Å². The van der Waals surface area contributed by atoms with E-state index in [1.54, 1.807) is 0 Å². The third-order valence-corrected chi connectivity index (χ3v) is 4.78. The number of aromatic nitrogens is 3. The third kappa shape index (κ3) is 4.66. The highest BCUT2D eigenvalue weighted by atomic mass is 79.9. The molecule has 0 bridgehead atoms. The van der Waals surface area contributed by atoms with Crippen LogP contribution in [0.5, 0.6) is 0 Å². The highest BCUT2D eigenvalue weighted by Gasteiger charge is 2.24. The summed E-state index contributed by atoms with van der Waals surface area (Å²) in [6.45, 7) is 1.53. The minimum absolute atomic E-state index is 0.00274. The minimum Gasteiger partial charge on any atom is -0.354 e. The molecule has 0 aliphatic heterocycles. The largest absolute Gasteiger partial charge is 0.354 e. The van der Waals surface area contributed by atoms with E-state index in [0.29, 0.717) is 5.69 Å². The van der Waals surface area contributed by atoms with Gasteiger partial charge in [-0.25, -0.2) is 0 Å². The lowest BCUT2D eigenvalue weighted by Gasteiger charge is -2.29. The van der Waals surface area contributed by atoms with Gasteiger partial charge in [0.25, 0.3) is 5.91 Å². The average Bonchev–Trinajstić information content (AvgIpc) is 3.07. The van der Waals surface area contributed by atoms with E-state index in [9.17, 15) is 9.59 Å². The molecule has 1 saturated carbocycles. The quantitative estimate of drug-likeness (QED) is 0.815. The van der Waals surface area contributed by atoms with Crippen molar-refractivity contribution in [2.24, 2.45) is 0 Å². The van der Waals surface area contributed by atoms with Gasteiger partial charge >= 0.3 is 0 Å². The Labute approximate surface area is 154 Å². The van der Waals surface area contributed by atoms with Crippen molar-refractivity contribution >= 4 is 27.7 Å². The molecule has 3 rings (SSSR count). The number of amides is 2. The van der Waals surface area contributed by atoms with Gasteiger partial charge in [0.15, 0.2) is 5.69 Å². The van der Waals surface area contributed by atoms with E-state index in [1.165, 1.54) is 17.9 Å². The van der Waals surface area contributed by atoms with Gasteiger partial charge in [0.05, 0.1) is 11.9 Å². The van der Waals surface area contributed by atoms with Gasteiger partial charge in [0.2, 0.25) is 5.91 Å². The zero-order chi connectivity index (χ0) is 17.8. The average molecular weight is 406 g/mol. The Morgan fingerprint density at radius 2 is 1.68 bits per heavy atom. The van der Waals surface area contributed by atoms with E-state index in [0.717, 1.165) is 35.8 Å². The molecule has 1 fully saturated rings. The molecule has 25 heavy (non-hydrogen) atoms. The summed E-state index contributed by atoms with van der Waals surface area (Å²) < 4.78 is 0.969. The van der Waals surface area contributed by atoms with Crippen LogP contribution in [-0.4, -0.2) is 38.9 Å². The molecule has 0 atom stereocenters. The zero-order valence-corrected chi connectivity index (χ0v) is 15.5. The second-order valence-electron chi connectivity index (χ2n) is 6.22. The smallest absolute Gasteiger partial charge is 0.273 e. The van der Waals surface area contributed by atoms with Crippen molar-refractivity contribution in [3.05, 3.63) is 40.6 Å². The molecule has 1 aliphatic rings. The van der Waals surface area contributed by atoms with E-state index in [4.69, 9.17) is 0 Å². The van der Waals surface area contributed by atoms with Gasteiger partial charge in [-0.15, -0.1) is 5.10 Å². The summed E-state index contributed by atoms with van der Waals surface area (Å²) in [5, 5.41) is 14.3. The lowest BCUT2D eigenvalue weighted by Crippen LogP contribution is -2.43. The SMILES string of the molecule is CC(=O)NC1CCC(NC(=O)c2cnn(-c3ccc(Br)cc3)n2)CC1. The van der Waals surface area contributed by atoms with Crippen LogP contribution < -0.4 is 10.6 Å².